The smallest absolute Gasteiger partial charge is 0.262 e. The highest BCUT2D eigenvalue weighted by molar-refractivity contribution is 6.36. The first-order chi connectivity index (χ1) is 35.0. The summed E-state index contributed by atoms with van der Waals surface area (Å²) in [6.07, 6.45) is 9.30. The highest BCUT2D eigenvalue weighted by Gasteiger charge is 2.45. The third-order valence-corrected chi connectivity index (χ3v) is 15.8. The number of fused-ring (bicyclic) bond motifs is 2. The minimum Gasteiger partial charge on any atom is -0.457 e. The second kappa shape index (κ2) is 20.4. The summed E-state index contributed by atoms with van der Waals surface area (Å²) in [5, 5.41) is 10.4. The number of hydrogen-bond donors (Lipinski definition) is 4. The summed E-state index contributed by atoms with van der Waals surface area (Å²) in [7, 11) is 0. The van der Waals surface area contributed by atoms with E-state index in [4.69, 9.17) is 16.3 Å². The van der Waals surface area contributed by atoms with E-state index in [-0.39, 0.29) is 47.7 Å². The quantitative estimate of drug-likeness (QED) is 0.0926. The van der Waals surface area contributed by atoms with Crippen LogP contribution in [0.1, 0.15) is 88.0 Å². The number of anilines is 2. The first-order valence-corrected chi connectivity index (χ1v) is 25.7. The molecule has 2 aromatic heterocycles. The molecule has 3 unspecified atom stereocenters. The molecular weight excluding hydrogens is 938 g/mol. The fourth-order valence-electron chi connectivity index (χ4n) is 11.5. The van der Waals surface area contributed by atoms with Gasteiger partial charge in [0.1, 0.15) is 35.3 Å². The van der Waals surface area contributed by atoms with Gasteiger partial charge in [-0.05, 0) is 106 Å². The van der Waals surface area contributed by atoms with Crippen LogP contribution in [-0.2, 0) is 14.4 Å². The minimum atomic E-state index is -0.979. The lowest BCUT2D eigenvalue weighted by molar-refractivity contribution is -0.138. The Bertz CT molecular complexity index is 2910. The molecule has 18 nitrogen and oxygen atoms in total. The molecule has 374 valence electrons. The average molecular weight is 997 g/mol. The van der Waals surface area contributed by atoms with E-state index in [1.807, 2.05) is 41.3 Å². The minimum absolute atomic E-state index is 0.0579. The molecule has 5 aromatic rings. The Labute approximate surface area is 421 Å². The van der Waals surface area contributed by atoms with Gasteiger partial charge in [0, 0.05) is 88.3 Å². The number of carbonyl (C=O) groups excluding carboxylic acids is 6. The third kappa shape index (κ3) is 9.67. The number of amides is 5. The number of aromatic amines is 1. The number of carbonyl (C=O) groups is 6. The molecule has 3 aromatic carbocycles. The fourth-order valence-corrected chi connectivity index (χ4v) is 11.8. The number of hydrogen-bond acceptors (Lipinski definition) is 14. The van der Waals surface area contributed by atoms with Gasteiger partial charge in [-0.25, -0.2) is 9.97 Å². The number of para-hydroxylation sites is 1. The standard InChI is InChI=1S/C53H58ClN11O7/c54-42-26-37(72-36-6-2-1-3-7-36)10-12-39(42)47(67)41-28-56-48-46(41)49(58-31-57-48)59-34-5-4-18-64(30-34)51(69)33-8-14-44(55-27-33)63-19-16-32(17-20-63)29-61-21-23-62(24-22-61)35-9-11-38-40(25-35)53(71)65(52(38)70)43-13-15-45(66)60-50(43)68/h1-3,6-7,9-12,25-26,28,31-34,43-44,55H,4-5,8,13-24,27,29-30H2,(H,60,66,68)(H2,56,57,58,59)/t33?,34-,43?,44?/m1/s1. The maximum atomic E-state index is 14.0. The van der Waals surface area contributed by atoms with Crippen molar-refractivity contribution in [2.24, 2.45) is 11.8 Å². The predicted octanol–water partition coefficient (Wildman–Crippen LogP) is 5.30. The van der Waals surface area contributed by atoms with E-state index < -0.39 is 29.7 Å². The number of H-pyrrole nitrogens is 1. The van der Waals surface area contributed by atoms with Crippen LogP contribution in [0.15, 0.2) is 79.3 Å². The first kappa shape index (κ1) is 47.6. The van der Waals surface area contributed by atoms with Crippen molar-refractivity contribution >= 4 is 69.5 Å². The summed E-state index contributed by atoms with van der Waals surface area (Å²) in [5.41, 5.74) is 2.75. The number of aromatic nitrogens is 3. The summed E-state index contributed by atoms with van der Waals surface area (Å²) in [4.78, 5) is 101. The van der Waals surface area contributed by atoms with Gasteiger partial charge in [0.25, 0.3) is 11.8 Å². The average Bonchev–Trinajstić information content (AvgIpc) is 3.95. The largest absolute Gasteiger partial charge is 0.457 e. The molecule has 6 aliphatic heterocycles. The first-order valence-electron chi connectivity index (χ1n) is 25.3. The van der Waals surface area contributed by atoms with Crippen LogP contribution >= 0.6 is 11.6 Å². The maximum absolute atomic E-state index is 14.0. The van der Waals surface area contributed by atoms with Crippen molar-refractivity contribution in [2.75, 3.05) is 75.7 Å². The van der Waals surface area contributed by atoms with Crippen molar-refractivity contribution in [1.82, 2.24) is 45.2 Å². The lowest BCUT2D eigenvalue weighted by atomic mass is 9.91. The molecule has 5 amide bonds. The molecule has 72 heavy (non-hydrogen) atoms. The highest BCUT2D eigenvalue weighted by atomic mass is 35.5. The molecule has 19 heteroatoms. The molecule has 0 aliphatic carbocycles. The van der Waals surface area contributed by atoms with Crippen LogP contribution in [0.2, 0.25) is 5.02 Å². The summed E-state index contributed by atoms with van der Waals surface area (Å²) >= 11 is 6.67. The Morgan fingerprint density at radius 1 is 0.792 bits per heavy atom. The van der Waals surface area contributed by atoms with Gasteiger partial charge < -0.3 is 30.2 Å². The van der Waals surface area contributed by atoms with Crippen LogP contribution in [0.25, 0.3) is 11.0 Å². The number of benzene rings is 3. The summed E-state index contributed by atoms with van der Waals surface area (Å²) in [6.45, 7) is 8.39. The molecule has 0 radical (unpaired) electrons. The van der Waals surface area contributed by atoms with Gasteiger partial charge in [0.05, 0.1) is 39.2 Å². The number of ketones is 1. The van der Waals surface area contributed by atoms with Crippen LogP contribution in [0.5, 0.6) is 11.5 Å². The van der Waals surface area contributed by atoms with Crippen molar-refractivity contribution in [2.45, 2.75) is 69.6 Å². The number of nitrogens with zero attached hydrogens (tertiary/aromatic N) is 7. The Morgan fingerprint density at radius 2 is 1.60 bits per heavy atom. The van der Waals surface area contributed by atoms with Gasteiger partial charge in [-0.15, -0.1) is 0 Å². The van der Waals surface area contributed by atoms with E-state index >= 15 is 0 Å². The highest BCUT2D eigenvalue weighted by Crippen LogP contribution is 2.34. The number of imide groups is 2. The molecule has 5 saturated heterocycles. The molecule has 4 N–H and O–H groups in total. The molecule has 4 atom stereocenters. The summed E-state index contributed by atoms with van der Waals surface area (Å²) < 4.78 is 5.92. The van der Waals surface area contributed by atoms with Crippen molar-refractivity contribution in [3.8, 4) is 11.5 Å². The number of nitrogens with one attached hydrogen (secondary N) is 4. The monoisotopic (exact) mass is 995 g/mol. The summed E-state index contributed by atoms with van der Waals surface area (Å²) in [5.74, 6) is 0.175. The maximum Gasteiger partial charge on any atom is 0.262 e. The number of ether oxygens (including phenoxy) is 1. The fraction of sp³-hybridized carbons (Fsp3) is 0.434. The van der Waals surface area contributed by atoms with E-state index in [0.717, 1.165) is 94.9 Å². The van der Waals surface area contributed by atoms with E-state index in [0.29, 0.717) is 76.2 Å². The van der Waals surface area contributed by atoms with Gasteiger partial charge in [0.15, 0.2) is 5.78 Å². The predicted molar refractivity (Wildman–Crippen MR) is 269 cm³/mol. The number of piperazine rings is 1. The van der Waals surface area contributed by atoms with E-state index in [1.54, 1.807) is 36.5 Å². The lowest BCUT2D eigenvalue weighted by Crippen LogP contribution is -2.56. The van der Waals surface area contributed by atoms with Gasteiger partial charge >= 0.3 is 0 Å². The molecule has 6 aliphatic rings. The number of rotatable bonds is 12. The molecular formula is C53H58ClN11O7. The zero-order valence-electron chi connectivity index (χ0n) is 40.0. The van der Waals surface area contributed by atoms with Crippen LogP contribution in [0.3, 0.4) is 0 Å². The van der Waals surface area contributed by atoms with E-state index in [2.05, 4.69) is 45.6 Å². The number of halogens is 1. The zero-order valence-corrected chi connectivity index (χ0v) is 40.7. The van der Waals surface area contributed by atoms with Crippen molar-refractivity contribution in [3.63, 3.8) is 0 Å². The molecule has 8 heterocycles. The van der Waals surface area contributed by atoms with Gasteiger partial charge in [-0.3, -0.25) is 48.8 Å². The van der Waals surface area contributed by atoms with Crippen LogP contribution in [-0.4, -0.2) is 154 Å². The van der Waals surface area contributed by atoms with E-state index in [1.165, 1.54) is 6.33 Å². The Morgan fingerprint density at radius 3 is 2.36 bits per heavy atom. The van der Waals surface area contributed by atoms with Crippen LogP contribution < -0.4 is 25.6 Å². The van der Waals surface area contributed by atoms with Crippen molar-refractivity contribution in [3.05, 3.63) is 107 Å². The molecule has 11 rings (SSSR count). The Kier molecular flexibility index (Phi) is 13.5. The Hall–Kier alpha value is -6.73. The van der Waals surface area contributed by atoms with Crippen LogP contribution in [0.4, 0.5) is 11.5 Å². The molecule has 5 fully saturated rings. The zero-order chi connectivity index (χ0) is 49.5. The topological polar surface area (TPSA) is 206 Å². The van der Waals surface area contributed by atoms with Gasteiger partial charge in [0.2, 0.25) is 17.7 Å². The van der Waals surface area contributed by atoms with Gasteiger partial charge in [-0.2, -0.15) is 0 Å². The molecule has 0 spiro atoms. The lowest BCUT2D eigenvalue weighted by Gasteiger charge is -2.43. The Balaban J connectivity index is 0.625. The van der Waals surface area contributed by atoms with Crippen molar-refractivity contribution in [1.29, 1.82) is 0 Å². The molecule has 0 bridgehead atoms. The third-order valence-electron chi connectivity index (χ3n) is 15.5. The summed E-state index contributed by atoms with van der Waals surface area (Å²) in [6, 6.07) is 18.7. The second-order valence-electron chi connectivity index (χ2n) is 19.9. The SMILES string of the molecule is O=C1CCC(N2C(=O)c3ccc(N4CCN(CC5CCN(C6CCC(C(=O)N7CCC[C@@H](Nc8ncnc9[nH]cc(C(=O)c%10ccc(Oc%11ccccc%11)cc%10Cl)c89)C7)CN6)CC5)CC4)cc3C2=O)C(=O)N1. The van der Waals surface area contributed by atoms with E-state index in [9.17, 15) is 28.8 Å². The molecule has 0 saturated carbocycles. The van der Waals surface area contributed by atoms with Crippen LogP contribution in [0, 0.1) is 11.8 Å². The second-order valence-corrected chi connectivity index (χ2v) is 20.4. The normalized spacial score (nSPS) is 23.6. The number of likely N-dealkylation sites (tertiary alicyclic amines) is 2. The van der Waals surface area contributed by atoms with Gasteiger partial charge in [-0.1, -0.05) is 29.8 Å². The number of piperidine rings is 4. The van der Waals surface area contributed by atoms with Crippen molar-refractivity contribution < 1.29 is 33.5 Å².